The van der Waals surface area contributed by atoms with Crippen LogP contribution in [0.4, 0.5) is 0 Å². The molecular formula is C16H20BrN3O5S. The molecule has 1 aromatic rings. The Morgan fingerprint density at radius 2 is 2.00 bits per heavy atom. The number of hydrogen-bond acceptors (Lipinski definition) is 5. The summed E-state index contributed by atoms with van der Waals surface area (Å²) >= 11 is 3.22. The first-order valence-electron chi connectivity index (χ1n) is 7.58. The molecule has 0 unspecified atom stereocenters. The van der Waals surface area contributed by atoms with Gasteiger partial charge in [-0.2, -0.15) is 0 Å². The SMILES string of the molecule is C#CCNC(=O)CCNC(=O)c1cc(S(=O)(=O)NCCOC)ccc1Br. The molecule has 0 heterocycles. The van der Waals surface area contributed by atoms with E-state index < -0.39 is 15.9 Å². The first-order valence-corrected chi connectivity index (χ1v) is 9.86. The quantitative estimate of drug-likeness (QED) is 0.352. The number of carbonyl (C=O) groups is 2. The zero-order valence-electron chi connectivity index (χ0n) is 14.2. The summed E-state index contributed by atoms with van der Waals surface area (Å²) in [4.78, 5) is 23.6. The minimum absolute atomic E-state index is 0.0475. The van der Waals surface area contributed by atoms with Crippen molar-refractivity contribution in [3.63, 3.8) is 0 Å². The van der Waals surface area contributed by atoms with Crippen LogP contribution in [0.2, 0.25) is 0 Å². The fraction of sp³-hybridized carbons (Fsp3) is 0.375. The molecule has 1 rings (SSSR count). The third-order valence-corrected chi connectivity index (χ3v) is 5.27. The van der Waals surface area contributed by atoms with E-state index in [-0.39, 0.29) is 49.0 Å². The summed E-state index contributed by atoms with van der Waals surface area (Å²) in [6, 6.07) is 4.11. The van der Waals surface area contributed by atoms with Gasteiger partial charge in [-0.1, -0.05) is 5.92 Å². The van der Waals surface area contributed by atoms with Crippen LogP contribution in [0, 0.1) is 12.3 Å². The Morgan fingerprint density at radius 3 is 2.65 bits per heavy atom. The molecule has 0 spiro atoms. The highest BCUT2D eigenvalue weighted by atomic mass is 79.9. The second kappa shape index (κ2) is 10.9. The van der Waals surface area contributed by atoms with Crippen LogP contribution >= 0.6 is 15.9 Å². The molecule has 0 aliphatic rings. The molecule has 10 heteroatoms. The molecule has 3 N–H and O–H groups in total. The van der Waals surface area contributed by atoms with Crippen LogP contribution in [0.5, 0.6) is 0 Å². The Hall–Kier alpha value is -1.93. The van der Waals surface area contributed by atoms with Gasteiger partial charge in [0.15, 0.2) is 0 Å². The Bertz CT molecular complexity index is 790. The van der Waals surface area contributed by atoms with E-state index in [0.717, 1.165) is 0 Å². The smallest absolute Gasteiger partial charge is 0.252 e. The Labute approximate surface area is 161 Å². The van der Waals surface area contributed by atoms with Crippen molar-refractivity contribution in [1.29, 1.82) is 0 Å². The number of nitrogens with one attached hydrogen (secondary N) is 3. The van der Waals surface area contributed by atoms with E-state index >= 15 is 0 Å². The maximum Gasteiger partial charge on any atom is 0.252 e. The molecule has 0 fully saturated rings. The van der Waals surface area contributed by atoms with Gasteiger partial charge < -0.3 is 15.4 Å². The number of benzene rings is 1. The molecule has 0 atom stereocenters. The van der Waals surface area contributed by atoms with E-state index in [0.29, 0.717) is 4.47 Å². The van der Waals surface area contributed by atoms with E-state index in [1.165, 1.54) is 25.3 Å². The van der Waals surface area contributed by atoms with Crippen LogP contribution in [0.25, 0.3) is 0 Å². The maximum absolute atomic E-state index is 12.3. The maximum atomic E-state index is 12.3. The van der Waals surface area contributed by atoms with Crippen molar-refractivity contribution in [1.82, 2.24) is 15.4 Å². The molecule has 2 amide bonds. The average molecular weight is 446 g/mol. The summed E-state index contributed by atoms with van der Waals surface area (Å²) in [5, 5.41) is 5.04. The minimum atomic E-state index is -3.76. The molecule has 26 heavy (non-hydrogen) atoms. The number of terminal acetylenes is 1. The molecule has 0 saturated heterocycles. The molecule has 0 saturated carbocycles. The summed E-state index contributed by atoms with van der Waals surface area (Å²) < 4.78 is 32.0. The Kier molecular flexibility index (Phi) is 9.29. The van der Waals surface area contributed by atoms with Gasteiger partial charge in [-0.3, -0.25) is 9.59 Å². The highest BCUT2D eigenvalue weighted by Gasteiger charge is 2.18. The van der Waals surface area contributed by atoms with Crippen LogP contribution in [0.1, 0.15) is 16.8 Å². The number of amides is 2. The average Bonchev–Trinajstić information content (AvgIpc) is 2.60. The van der Waals surface area contributed by atoms with Crippen molar-refractivity contribution in [2.45, 2.75) is 11.3 Å². The molecule has 0 aromatic heterocycles. The lowest BCUT2D eigenvalue weighted by atomic mass is 10.2. The van der Waals surface area contributed by atoms with E-state index in [9.17, 15) is 18.0 Å². The van der Waals surface area contributed by atoms with Crippen molar-refractivity contribution < 1.29 is 22.7 Å². The van der Waals surface area contributed by atoms with E-state index in [2.05, 4.69) is 37.2 Å². The van der Waals surface area contributed by atoms with Gasteiger partial charge in [-0.25, -0.2) is 13.1 Å². The van der Waals surface area contributed by atoms with Gasteiger partial charge in [-0.05, 0) is 34.1 Å². The predicted molar refractivity (Wildman–Crippen MR) is 100.0 cm³/mol. The van der Waals surface area contributed by atoms with Crippen LogP contribution < -0.4 is 15.4 Å². The minimum Gasteiger partial charge on any atom is -0.383 e. The van der Waals surface area contributed by atoms with Crippen LogP contribution in [-0.4, -0.2) is 53.6 Å². The summed E-state index contributed by atoms with van der Waals surface area (Å²) in [5.41, 5.74) is 0.142. The predicted octanol–water partition coefficient (Wildman–Crippen LogP) is 0.243. The fourth-order valence-electron chi connectivity index (χ4n) is 1.83. The summed E-state index contributed by atoms with van der Waals surface area (Å²) in [6.07, 6.45) is 5.09. The first kappa shape index (κ1) is 22.1. The molecule has 0 aliphatic heterocycles. The van der Waals surface area contributed by atoms with E-state index in [1.54, 1.807) is 0 Å². The van der Waals surface area contributed by atoms with Crippen LogP contribution in [0.3, 0.4) is 0 Å². The van der Waals surface area contributed by atoms with Crippen molar-refractivity contribution in [3.8, 4) is 12.3 Å². The van der Waals surface area contributed by atoms with Crippen molar-refractivity contribution >= 4 is 37.8 Å². The molecular weight excluding hydrogens is 426 g/mol. The molecule has 8 nitrogen and oxygen atoms in total. The van der Waals surface area contributed by atoms with Gasteiger partial charge in [0, 0.05) is 31.1 Å². The third kappa shape index (κ3) is 7.13. The first-order chi connectivity index (χ1) is 12.3. The molecule has 142 valence electrons. The van der Waals surface area contributed by atoms with E-state index in [1.807, 2.05) is 0 Å². The standard InChI is InChI=1S/C16H20BrN3O5S/c1-3-7-18-15(21)6-8-19-16(22)13-11-12(4-5-14(13)17)26(23,24)20-9-10-25-2/h1,4-5,11,20H,6-10H2,2H3,(H,18,21)(H,19,22). The monoisotopic (exact) mass is 445 g/mol. The Morgan fingerprint density at radius 1 is 1.27 bits per heavy atom. The second-order valence-corrected chi connectivity index (χ2v) is 7.64. The topological polar surface area (TPSA) is 114 Å². The lowest BCUT2D eigenvalue weighted by molar-refractivity contribution is -0.120. The van der Waals surface area contributed by atoms with Crippen LogP contribution in [0.15, 0.2) is 27.6 Å². The second-order valence-electron chi connectivity index (χ2n) is 5.02. The number of methoxy groups -OCH3 is 1. The van der Waals surface area contributed by atoms with Gasteiger partial charge in [-0.15, -0.1) is 6.42 Å². The lowest BCUT2D eigenvalue weighted by Gasteiger charge is -2.10. The zero-order chi connectivity index (χ0) is 19.6. The largest absolute Gasteiger partial charge is 0.383 e. The van der Waals surface area contributed by atoms with Gasteiger partial charge in [0.2, 0.25) is 15.9 Å². The van der Waals surface area contributed by atoms with E-state index in [4.69, 9.17) is 11.2 Å². The van der Waals surface area contributed by atoms with Gasteiger partial charge >= 0.3 is 0 Å². The van der Waals surface area contributed by atoms with Gasteiger partial charge in [0.25, 0.3) is 5.91 Å². The lowest BCUT2D eigenvalue weighted by Crippen LogP contribution is -2.31. The molecule has 0 radical (unpaired) electrons. The third-order valence-electron chi connectivity index (χ3n) is 3.12. The Balaban J connectivity index is 2.76. The number of carbonyl (C=O) groups excluding carboxylic acids is 2. The summed E-state index contributed by atoms with van der Waals surface area (Å²) in [5.74, 6) is 1.48. The molecule has 0 bridgehead atoms. The highest BCUT2D eigenvalue weighted by molar-refractivity contribution is 9.10. The molecule has 1 aromatic carbocycles. The number of rotatable bonds is 10. The van der Waals surface area contributed by atoms with Crippen LogP contribution in [-0.2, 0) is 19.6 Å². The van der Waals surface area contributed by atoms with Crippen molar-refractivity contribution in [2.24, 2.45) is 0 Å². The zero-order valence-corrected chi connectivity index (χ0v) is 16.6. The fourth-order valence-corrected chi connectivity index (χ4v) is 3.30. The molecule has 0 aliphatic carbocycles. The highest BCUT2D eigenvalue weighted by Crippen LogP contribution is 2.21. The summed E-state index contributed by atoms with van der Waals surface area (Å²) in [7, 11) is -2.30. The van der Waals surface area contributed by atoms with Gasteiger partial charge in [0.05, 0.1) is 23.6 Å². The van der Waals surface area contributed by atoms with Crippen molar-refractivity contribution in [3.05, 3.63) is 28.2 Å². The van der Waals surface area contributed by atoms with Crippen molar-refractivity contribution in [2.75, 3.05) is 33.4 Å². The normalized spacial score (nSPS) is 10.8. The summed E-state index contributed by atoms with van der Waals surface area (Å²) in [6.45, 7) is 0.549. The number of halogens is 1. The number of sulfonamides is 1. The number of ether oxygens (including phenoxy) is 1. The van der Waals surface area contributed by atoms with Gasteiger partial charge in [0.1, 0.15) is 0 Å². The number of hydrogen-bond donors (Lipinski definition) is 3.